The van der Waals surface area contributed by atoms with Crippen molar-refractivity contribution in [1.82, 2.24) is 19.6 Å². The van der Waals surface area contributed by atoms with Gasteiger partial charge in [-0.25, -0.2) is 4.68 Å². The first kappa shape index (κ1) is 25.0. The second-order valence-electron chi connectivity index (χ2n) is 8.04. The van der Waals surface area contributed by atoms with Crippen molar-refractivity contribution in [3.05, 3.63) is 46.2 Å². The molecule has 1 unspecified atom stereocenters. The highest BCUT2D eigenvalue weighted by Gasteiger charge is 2.24. The van der Waals surface area contributed by atoms with E-state index in [9.17, 15) is 9.00 Å². The Balaban J connectivity index is 0.00000160. The molecule has 0 spiro atoms. The van der Waals surface area contributed by atoms with Gasteiger partial charge in [0.05, 0.1) is 5.69 Å². The van der Waals surface area contributed by atoms with Crippen molar-refractivity contribution in [2.45, 2.75) is 30.8 Å². The normalized spacial score (nSPS) is 18.3. The van der Waals surface area contributed by atoms with Gasteiger partial charge in [0.25, 0.3) is 5.56 Å². The first-order valence-electron chi connectivity index (χ1n) is 9.95. The third-order valence-corrected chi connectivity index (χ3v) is 6.58. The zero-order chi connectivity index (χ0) is 19.7. The highest BCUT2D eigenvalue weighted by molar-refractivity contribution is 7.84. The van der Waals surface area contributed by atoms with E-state index in [1.54, 1.807) is 10.9 Å². The molecule has 9 heteroatoms. The van der Waals surface area contributed by atoms with Gasteiger partial charge in [-0.3, -0.25) is 13.9 Å². The van der Waals surface area contributed by atoms with Crippen LogP contribution in [0.3, 0.4) is 0 Å². The summed E-state index contributed by atoms with van der Waals surface area (Å²) in [6, 6.07) is 9.60. The fraction of sp³-hybridized carbons (Fsp3) is 0.524. The molecule has 2 aliphatic rings. The van der Waals surface area contributed by atoms with Crippen LogP contribution in [0, 0.1) is 5.92 Å². The van der Waals surface area contributed by atoms with E-state index in [1.165, 1.54) is 12.8 Å². The maximum absolute atomic E-state index is 13.0. The molecule has 2 aromatic rings. The van der Waals surface area contributed by atoms with E-state index in [2.05, 4.69) is 21.9 Å². The quantitative estimate of drug-likeness (QED) is 0.646. The molecule has 1 aliphatic carbocycles. The minimum absolute atomic E-state index is 0. The van der Waals surface area contributed by atoms with Crippen LogP contribution in [0.4, 0.5) is 0 Å². The van der Waals surface area contributed by atoms with Crippen molar-refractivity contribution in [2.75, 3.05) is 39.5 Å². The molecule has 0 bridgehead atoms. The molecular formula is C21H30Cl2N4O2S. The Hall–Kier alpha value is -1.25. The lowest BCUT2D eigenvalue weighted by Crippen LogP contribution is -2.45. The van der Waals surface area contributed by atoms with Crippen LogP contribution in [-0.2, 0) is 23.9 Å². The smallest absolute Gasteiger partial charge is 0.271 e. The van der Waals surface area contributed by atoms with Crippen LogP contribution in [0.2, 0.25) is 0 Å². The summed E-state index contributed by atoms with van der Waals surface area (Å²) in [5.41, 5.74) is 2.63. The second-order valence-corrected chi connectivity index (χ2v) is 9.42. The number of nitrogens with zero attached hydrogens (tertiary/aromatic N) is 4. The van der Waals surface area contributed by atoms with Gasteiger partial charge in [0.15, 0.2) is 0 Å². The second kappa shape index (κ2) is 10.9. The number of aromatic nitrogens is 2. The first-order chi connectivity index (χ1) is 13.5. The molecule has 0 radical (unpaired) electrons. The van der Waals surface area contributed by atoms with Crippen molar-refractivity contribution < 1.29 is 4.21 Å². The van der Waals surface area contributed by atoms with Gasteiger partial charge in [-0.15, -0.1) is 24.8 Å². The Morgan fingerprint density at radius 1 is 1.07 bits per heavy atom. The van der Waals surface area contributed by atoms with E-state index >= 15 is 0 Å². The molecule has 4 rings (SSSR count). The lowest BCUT2D eigenvalue weighted by molar-refractivity contribution is 0.147. The van der Waals surface area contributed by atoms with Gasteiger partial charge in [0.1, 0.15) is 0 Å². The number of likely N-dealkylation sites (N-methyl/N-ethyl adjacent to an activating group) is 1. The summed E-state index contributed by atoms with van der Waals surface area (Å²) in [5.74, 6) is 0.585. The van der Waals surface area contributed by atoms with E-state index in [4.69, 9.17) is 0 Å². The van der Waals surface area contributed by atoms with Crippen molar-refractivity contribution in [3.63, 3.8) is 0 Å². The molecule has 1 atom stereocenters. The summed E-state index contributed by atoms with van der Waals surface area (Å²) in [6.07, 6.45) is 4.05. The summed E-state index contributed by atoms with van der Waals surface area (Å²) in [5, 5.41) is 4.66. The number of hydrogen-bond acceptors (Lipinski definition) is 5. The van der Waals surface area contributed by atoms with Crippen LogP contribution in [0.1, 0.15) is 18.4 Å². The minimum Gasteiger partial charge on any atom is -0.304 e. The van der Waals surface area contributed by atoms with E-state index in [0.29, 0.717) is 19.0 Å². The van der Waals surface area contributed by atoms with Crippen molar-refractivity contribution >= 4 is 35.6 Å². The summed E-state index contributed by atoms with van der Waals surface area (Å²) >= 11 is 0. The molecule has 1 aromatic carbocycles. The van der Waals surface area contributed by atoms with Gasteiger partial charge < -0.3 is 4.90 Å². The molecule has 30 heavy (non-hydrogen) atoms. The zero-order valence-corrected chi connectivity index (χ0v) is 19.9. The lowest BCUT2D eigenvalue weighted by Gasteiger charge is -2.32. The highest BCUT2D eigenvalue weighted by Crippen LogP contribution is 2.30. The summed E-state index contributed by atoms with van der Waals surface area (Å²) in [6.45, 7) is 5.40. The third-order valence-electron chi connectivity index (χ3n) is 5.65. The minimum atomic E-state index is -1.000. The molecular weight excluding hydrogens is 443 g/mol. The fourth-order valence-corrected chi connectivity index (χ4v) is 4.10. The maximum atomic E-state index is 13.0. The number of rotatable bonds is 6. The molecule has 0 N–H and O–H groups in total. The third kappa shape index (κ3) is 6.14. The number of piperazine rings is 1. The van der Waals surface area contributed by atoms with E-state index < -0.39 is 10.8 Å². The number of hydrogen-bond donors (Lipinski definition) is 0. The molecule has 1 saturated carbocycles. The van der Waals surface area contributed by atoms with Gasteiger partial charge in [-0.2, -0.15) is 5.10 Å². The van der Waals surface area contributed by atoms with Gasteiger partial charge in [0.2, 0.25) is 0 Å². The largest absolute Gasteiger partial charge is 0.304 e. The Kier molecular flexibility index (Phi) is 9.06. The molecule has 6 nitrogen and oxygen atoms in total. The Bertz CT molecular complexity index is 924. The molecule has 2 fully saturated rings. The van der Waals surface area contributed by atoms with Crippen LogP contribution in [0.5, 0.6) is 0 Å². The van der Waals surface area contributed by atoms with Crippen LogP contribution in [0.25, 0.3) is 11.3 Å². The van der Waals surface area contributed by atoms with Crippen LogP contribution in [-0.4, -0.2) is 63.3 Å². The van der Waals surface area contributed by atoms with Crippen LogP contribution >= 0.6 is 24.8 Å². The number of halogens is 2. The maximum Gasteiger partial charge on any atom is 0.271 e. The lowest BCUT2D eigenvalue weighted by atomic mass is 10.1. The van der Waals surface area contributed by atoms with Crippen molar-refractivity contribution in [1.29, 1.82) is 0 Å². The average molecular weight is 473 g/mol. The number of benzene rings is 1. The first-order valence-corrected chi connectivity index (χ1v) is 11.5. The predicted octanol–water partition coefficient (Wildman–Crippen LogP) is 2.65. The summed E-state index contributed by atoms with van der Waals surface area (Å²) in [7, 11) is 1.14. The van der Waals surface area contributed by atoms with Crippen molar-refractivity contribution in [3.8, 4) is 11.3 Å². The monoisotopic (exact) mass is 472 g/mol. The van der Waals surface area contributed by atoms with E-state index in [-0.39, 0.29) is 30.4 Å². The average Bonchev–Trinajstić information content (AvgIpc) is 3.51. The summed E-state index contributed by atoms with van der Waals surface area (Å²) in [4.78, 5) is 18.5. The topological polar surface area (TPSA) is 58.4 Å². The predicted molar refractivity (Wildman–Crippen MR) is 126 cm³/mol. The SMILES string of the molecule is CN1CCN(Cc2cc(-c3ccc(S(C)=O)cc3)nn(CC3CC3)c2=O)CC1.Cl.Cl. The molecule has 1 saturated heterocycles. The Morgan fingerprint density at radius 2 is 1.70 bits per heavy atom. The van der Waals surface area contributed by atoms with Crippen LogP contribution < -0.4 is 5.56 Å². The van der Waals surface area contributed by atoms with Crippen molar-refractivity contribution in [2.24, 2.45) is 5.92 Å². The van der Waals surface area contributed by atoms with Crippen LogP contribution in [0.15, 0.2) is 40.0 Å². The standard InChI is InChI=1S/C21H28N4O2S.2ClH/c1-23-9-11-24(12-10-23)15-18-13-20(17-5-7-19(8-6-17)28(2)27)22-25(21(18)26)14-16-3-4-16;;/h5-8,13,16H,3-4,9-12,14-15H2,1-2H3;2*1H. The molecule has 166 valence electrons. The zero-order valence-electron chi connectivity index (χ0n) is 17.5. The molecule has 0 amide bonds. The Labute approximate surface area is 192 Å². The van der Waals surface area contributed by atoms with Gasteiger partial charge in [0, 0.05) is 72.3 Å². The summed E-state index contributed by atoms with van der Waals surface area (Å²) < 4.78 is 13.3. The fourth-order valence-electron chi connectivity index (χ4n) is 3.58. The van der Waals surface area contributed by atoms with E-state index in [0.717, 1.165) is 47.9 Å². The van der Waals surface area contributed by atoms with Gasteiger partial charge in [-0.05, 0) is 44.0 Å². The Morgan fingerprint density at radius 3 is 2.27 bits per heavy atom. The van der Waals surface area contributed by atoms with E-state index in [1.807, 2.05) is 30.3 Å². The van der Waals surface area contributed by atoms with Gasteiger partial charge >= 0.3 is 0 Å². The van der Waals surface area contributed by atoms with Gasteiger partial charge in [-0.1, -0.05) is 12.1 Å². The highest BCUT2D eigenvalue weighted by atomic mass is 35.5. The molecule has 1 aromatic heterocycles. The molecule has 1 aliphatic heterocycles. The molecule has 2 heterocycles.